The number of hydrogen-bond donors (Lipinski definition) is 2. The zero-order valence-corrected chi connectivity index (χ0v) is 16.3. The fraction of sp³-hybridized carbons (Fsp3) is 0.400. The summed E-state index contributed by atoms with van der Waals surface area (Å²) in [5.41, 5.74) is 1.78. The highest BCUT2D eigenvalue weighted by Gasteiger charge is 2.29. The molecule has 0 saturated heterocycles. The van der Waals surface area contributed by atoms with Crippen LogP contribution in [0.5, 0.6) is 11.5 Å². The van der Waals surface area contributed by atoms with Crippen molar-refractivity contribution >= 4 is 23.2 Å². The molecule has 2 nitrogen and oxygen atoms in total. The molecule has 2 N–H and O–H groups in total. The van der Waals surface area contributed by atoms with Crippen molar-refractivity contribution in [3.8, 4) is 11.5 Å². The summed E-state index contributed by atoms with van der Waals surface area (Å²) < 4.78 is 0. The third kappa shape index (κ3) is 3.81. The molecule has 2 aromatic carbocycles. The summed E-state index contributed by atoms with van der Waals surface area (Å²) in [4.78, 5) is 0. The van der Waals surface area contributed by atoms with E-state index in [1.54, 1.807) is 18.2 Å². The third-order valence-corrected chi connectivity index (χ3v) is 4.92. The van der Waals surface area contributed by atoms with Gasteiger partial charge in [-0.3, -0.25) is 0 Å². The Balaban J connectivity index is 2.49. The third-order valence-electron chi connectivity index (χ3n) is 4.27. The summed E-state index contributed by atoms with van der Waals surface area (Å²) in [5, 5.41) is 21.7. The molecule has 0 saturated carbocycles. The lowest BCUT2D eigenvalue weighted by molar-refractivity contribution is 0.427. The number of aromatic hydroxyl groups is 2. The van der Waals surface area contributed by atoms with Crippen molar-refractivity contribution in [1.82, 2.24) is 0 Å². The molecule has 0 fully saturated rings. The minimum absolute atomic E-state index is 0.179. The number of rotatable bonds is 3. The molecule has 0 aliphatic carbocycles. The Morgan fingerprint density at radius 3 is 2.04 bits per heavy atom. The Bertz CT molecular complexity index is 759. The van der Waals surface area contributed by atoms with Gasteiger partial charge in [-0.15, -0.1) is 0 Å². The largest absolute Gasteiger partial charge is 0.508 e. The van der Waals surface area contributed by atoms with Crippen LogP contribution < -0.4 is 0 Å². The van der Waals surface area contributed by atoms with Crippen LogP contribution in [-0.2, 0) is 17.3 Å². The average Bonchev–Trinajstić information content (AvgIpc) is 2.43. The normalized spacial score (nSPS) is 12.5. The fourth-order valence-electron chi connectivity index (χ4n) is 3.07. The first-order valence-corrected chi connectivity index (χ1v) is 8.69. The molecule has 130 valence electrons. The predicted molar refractivity (Wildman–Crippen MR) is 102 cm³/mol. The molecule has 0 bridgehead atoms. The van der Waals surface area contributed by atoms with E-state index in [1.807, 2.05) is 46.8 Å². The summed E-state index contributed by atoms with van der Waals surface area (Å²) in [5.74, 6) is 0.414. The second kappa shape index (κ2) is 6.50. The Kier molecular flexibility index (Phi) is 5.13. The zero-order chi connectivity index (χ0) is 18.3. The van der Waals surface area contributed by atoms with Gasteiger partial charge >= 0.3 is 0 Å². The van der Waals surface area contributed by atoms with E-state index in [-0.39, 0.29) is 22.3 Å². The smallest absolute Gasteiger partial charge is 0.124 e. The van der Waals surface area contributed by atoms with Gasteiger partial charge in [-0.1, -0.05) is 63.9 Å². The summed E-state index contributed by atoms with van der Waals surface area (Å²) in [6.45, 7) is 10.1. The summed E-state index contributed by atoms with van der Waals surface area (Å²) in [7, 11) is 0. The maximum Gasteiger partial charge on any atom is 0.124 e. The predicted octanol–water partition coefficient (Wildman–Crippen LogP) is 6.22. The van der Waals surface area contributed by atoms with E-state index in [0.717, 1.165) is 16.7 Å². The van der Waals surface area contributed by atoms with Crippen molar-refractivity contribution in [2.75, 3.05) is 0 Å². The van der Waals surface area contributed by atoms with Crippen LogP contribution in [0.1, 0.15) is 51.3 Å². The SMILES string of the molecule is CC(C)(C)c1c(Cl)ccc(CC(C)(C)c2cc(O)ccc2Cl)c1O. The molecule has 0 radical (unpaired) electrons. The summed E-state index contributed by atoms with van der Waals surface area (Å²) in [6.07, 6.45) is 0.572. The molecule has 0 heterocycles. The van der Waals surface area contributed by atoms with Crippen LogP contribution in [0.15, 0.2) is 30.3 Å². The Morgan fingerprint density at radius 2 is 1.46 bits per heavy atom. The minimum atomic E-state index is -0.365. The number of hydrogen-bond acceptors (Lipinski definition) is 2. The van der Waals surface area contributed by atoms with Crippen LogP contribution in [0.2, 0.25) is 10.0 Å². The molecular weight excluding hydrogens is 343 g/mol. The van der Waals surface area contributed by atoms with E-state index in [0.29, 0.717) is 16.5 Å². The van der Waals surface area contributed by atoms with Gasteiger partial charge in [0.1, 0.15) is 11.5 Å². The lowest BCUT2D eigenvalue weighted by atomic mass is 9.77. The van der Waals surface area contributed by atoms with Gasteiger partial charge in [-0.2, -0.15) is 0 Å². The van der Waals surface area contributed by atoms with Crippen LogP contribution in [0, 0.1) is 0 Å². The first kappa shape index (κ1) is 19.0. The Morgan fingerprint density at radius 1 is 0.875 bits per heavy atom. The quantitative estimate of drug-likeness (QED) is 0.676. The topological polar surface area (TPSA) is 40.5 Å². The standard InChI is InChI=1S/C20H24Cl2O2/c1-19(2,3)17-16(22)8-6-12(18(17)24)11-20(4,5)14-10-13(23)7-9-15(14)21/h6-10,23-24H,11H2,1-5H3. The zero-order valence-electron chi connectivity index (χ0n) is 14.7. The van der Waals surface area contributed by atoms with E-state index in [9.17, 15) is 10.2 Å². The number of phenolic OH excluding ortho intramolecular Hbond substituents is 2. The van der Waals surface area contributed by atoms with Crippen molar-refractivity contribution in [3.05, 3.63) is 57.1 Å². The molecule has 0 aliphatic heterocycles. The van der Waals surface area contributed by atoms with Crippen LogP contribution in [0.4, 0.5) is 0 Å². The lowest BCUT2D eigenvalue weighted by Crippen LogP contribution is -2.22. The summed E-state index contributed by atoms with van der Waals surface area (Å²) in [6, 6.07) is 8.62. The van der Waals surface area contributed by atoms with Crippen molar-refractivity contribution in [2.24, 2.45) is 0 Å². The average molecular weight is 367 g/mol. The van der Waals surface area contributed by atoms with Gasteiger partial charge in [0.05, 0.1) is 0 Å². The molecule has 0 spiro atoms. The van der Waals surface area contributed by atoms with E-state index in [1.165, 1.54) is 0 Å². The van der Waals surface area contributed by atoms with Crippen molar-refractivity contribution in [1.29, 1.82) is 0 Å². The van der Waals surface area contributed by atoms with E-state index >= 15 is 0 Å². The second-order valence-corrected chi connectivity index (χ2v) is 8.72. The van der Waals surface area contributed by atoms with Crippen LogP contribution in [-0.4, -0.2) is 10.2 Å². The fourth-order valence-corrected chi connectivity index (χ4v) is 3.88. The molecule has 0 aromatic heterocycles. The molecule has 2 rings (SSSR count). The highest BCUT2D eigenvalue weighted by atomic mass is 35.5. The number of benzene rings is 2. The molecular formula is C20H24Cl2O2. The van der Waals surface area contributed by atoms with Gasteiger partial charge in [0.15, 0.2) is 0 Å². The molecule has 0 aliphatic rings. The maximum atomic E-state index is 10.8. The van der Waals surface area contributed by atoms with Gasteiger partial charge < -0.3 is 10.2 Å². The van der Waals surface area contributed by atoms with Crippen LogP contribution in [0.25, 0.3) is 0 Å². The van der Waals surface area contributed by atoms with Crippen LogP contribution in [0.3, 0.4) is 0 Å². The van der Waals surface area contributed by atoms with Crippen molar-refractivity contribution in [3.63, 3.8) is 0 Å². The van der Waals surface area contributed by atoms with E-state index < -0.39 is 0 Å². The molecule has 0 amide bonds. The van der Waals surface area contributed by atoms with E-state index in [4.69, 9.17) is 23.2 Å². The number of phenols is 2. The molecule has 24 heavy (non-hydrogen) atoms. The van der Waals surface area contributed by atoms with Crippen molar-refractivity contribution < 1.29 is 10.2 Å². The second-order valence-electron chi connectivity index (χ2n) is 7.90. The molecule has 2 aromatic rings. The van der Waals surface area contributed by atoms with Crippen LogP contribution >= 0.6 is 23.2 Å². The van der Waals surface area contributed by atoms with E-state index in [2.05, 4.69) is 0 Å². The van der Waals surface area contributed by atoms with Gasteiger partial charge in [-0.05, 0) is 52.6 Å². The lowest BCUT2D eigenvalue weighted by Gasteiger charge is -2.29. The van der Waals surface area contributed by atoms with Gasteiger partial charge in [-0.25, -0.2) is 0 Å². The minimum Gasteiger partial charge on any atom is -0.508 e. The summed E-state index contributed by atoms with van der Waals surface area (Å²) >= 11 is 12.6. The first-order chi connectivity index (χ1) is 10.9. The number of halogens is 2. The molecule has 0 atom stereocenters. The Labute approximate surface area is 154 Å². The first-order valence-electron chi connectivity index (χ1n) is 7.93. The molecule has 0 unspecified atom stereocenters. The van der Waals surface area contributed by atoms with Gasteiger partial charge in [0.2, 0.25) is 0 Å². The Hall–Kier alpha value is -1.38. The van der Waals surface area contributed by atoms with Gasteiger partial charge in [0, 0.05) is 15.6 Å². The maximum absolute atomic E-state index is 10.8. The monoisotopic (exact) mass is 366 g/mol. The highest BCUT2D eigenvalue weighted by Crippen LogP contribution is 2.42. The molecule has 4 heteroatoms. The highest BCUT2D eigenvalue weighted by molar-refractivity contribution is 6.32. The van der Waals surface area contributed by atoms with Crippen molar-refractivity contribution in [2.45, 2.75) is 51.9 Å². The van der Waals surface area contributed by atoms with Gasteiger partial charge in [0.25, 0.3) is 0 Å².